The van der Waals surface area contributed by atoms with E-state index in [1.165, 1.54) is 24.9 Å². The molecule has 1 fully saturated rings. The predicted molar refractivity (Wildman–Crippen MR) is 41.2 cm³/mol. The van der Waals surface area contributed by atoms with Crippen LogP contribution in [0.3, 0.4) is 0 Å². The van der Waals surface area contributed by atoms with Crippen molar-refractivity contribution in [2.75, 3.05) is 5.50 Å². The smallest absolute Gasteiger partial charge is 0.0670 e. The Balaban J connectivity index is 2.40. The molecular weight excluding hydrogens is 136 g/mol. The van der Waals surface area contributed by atoms with Gasteiger partial charge in [0.2, 0.25) is 0 Å². The van der Waals surface area contributed by atoms with Crippen molar-refractivity contribution in [3.63, 3.8) is 0 Å². The maximum absolute atomic E-state index is 5.81. The van der Waals surface area contributed by atoms with Crippen LogP contribution in [-0.2, 0) is 0 Å². The van der Waals surface area contributed by atoms with Crippen LogP contribution in [0.5, 0.6) is 0 Å². The summed E-state index contributed by atoms with van der Waals surface area (Å²) in [6.45, 7) is 2.42. The summed E-state index contributed by atoms with van der Waals surface area (Å²) in [5.74, 6) is 0. The van der Waals surface area contributed by atoms with Gasteiger partial charge in [-0.05, 0) is 0 Å². The number of hydrogen-bond donors (Lipinski definition) is 0. The molecule has 0 aromatic heterocycles. The molecule has 0 nitrogen and oxygen atoms in total. The first kappa shape index (κ1) is 6.62. The van der Waals surface area contributed by atoms with Crippen molar-refractivity contribution in [1.82, 2.24) is 0 Å². The van der Waals surface area contributed by atoms with Crippen molar-refractivity contribution in [3.05, 3.63) is 0 Å². The minimum Gasteiger partial charge on any atom is -0.130 e. The molecule has 1 aliphatic rings. The summed E-state index contributed by atoms with van der Waals surface area (Å²) in [5.41, 5.74) is 0.993. The molecule has 0 saturated carbocycles. The van der Waals surface area contributed by atoms with Crippen LogP contribution >= 0.6 is 11.6 Å². The van der Waals surface area contributed by atoms with E-state index in [0.29, 0.717) is 0 Å². The van der Waals surface area contributed by atoms with Gasteiger partial charge >= 0.3 is 0 Å². The SMILES string of the molecule is C[Si]1(CCl)CCCC1. The molecule has 0 radical (unpaired) electrons. The second kappa shape index (κ2) is 2.40. The molecule has 0 aliphatic carbocycles. The molecular formula is C6H13ClSi. The van der Waals surface area contributed by atoms with E-state index in [1.807, 2.05) is 0 Å². The number of alkyl halides is 1. The van der Waals surface area contributed by atoms with Crippen LogP contribution < -0.4 is 0 Å². The molecule has 0 spiro atoms. The highest BCUT2D eigenvalue weighted by Crippen LogP contribution is 2.30. The maximum atomic E-state index is 5.81. The van der Waals surface area contributed by atoms with Gasteiger partial charge in [0, 0.05) is 5.50 Å². The minimum absolute atomic E-state index is 0.795. The molecule has 0 amide bonds. The van der Waals surface area contributed by atoms with Gasteiger partial charge in [0.15, 0.2) is 0 Å². The van der Waals surface area contributed by atoms with Gasteiger partial charge in [0.1, 0.15) is 0 Å². The van der Waals surface area contributed by atoms with Crippen molar-refractivity contribution in [3.8, 4) is 0 Å². The molecule has 8 heavy (non-hydrogen) atoms. The van der Waals surface area contributed by atoms with Gasteiger partial charge in [-0.25, -0.2) is 0 Å². The lowest BCUT2D eigenvalue weighted by molar-refractivity contribution is 0.935. The van der Waals surface area contributed by atoms with E-state index < -0.39 is 8.07 Å². The third-order valence-corrected chi connectivity index (χ3v) is 7.84. The second-order valence-electron chi connectivity index (χ2n) is 3.15. The van der Waals surface area contributed by atoms with Gasteiger partial charge in [0.25, 0.3) is 0 Å². The molecule has 48 valence electrons. The van der Waals surface area contributed by atoms with E-state index in [1.54, 1.807) is 0 Å². The Hall–Kier alpha value is 0.507. The molecule has 0 N–H and O–H groups in total. The first-order valence-corrected chi connectivity index (χ1v) is 6.98. The van der Waals surface area contributed by atoms with Crippen molar-refractivity contribution < 1.29 is 0 Å². The fourth-order valence-electron chi connectivity index (χ4n) is 1.36. The Morgan fingerprint density at radius 1 is 1.38 bits per heavy atom. The first-order valence-electron chi connectivity index (χ1n) is 3.33. The maximum Gasteiger partial charge on any atom is 0.0670 e. The molecule has 1 aliphatic heterocycles. The molecule has 1 saturated heterocycles. The summed E-state index contributed by atoms with van der Waals surface area (Å²) >= 11 is 5.81. The summed E-state index contributed by atoms with van der Waals surface area (Å²) in [4.78, 5) is 0. The summed E-state index contributed by atoms with van der Waals surface area (Å²) in [7, 11) is -0.795. The largest absolute Gasteiger partial charge is 0.130 e. The van der Waals surface area contributed by atoms with Crippen LogP contribution in [0, 0.1) is 0 Å². The van der Waals surface area contributed by atoms with Crippen LogP contribution in [0.4, 0.5) is 0 Å². The summed E-state index contributed by atoms with van der Waals surface area (Å²) in [6.07, 6.45) is 2.91. The van der Waals surface area contributed by atoms with Crippen LogP contribution in [0.25, 0.3) is 0 Å². The topological polar surface area (TPSA) is 0 Å². The molecule has 0 bridgehead atoms. The molecule has 1 heterocycles. The highest BCUT2D eigenvalue weighted by molar-refractivity contribution is 6.84. The summed E-state index contributed by atoms with van der Waals surface area (Å²) < 4.78 is 0. The predicted octanol–water partition coefficient (Wildman–Crippen LogP) is 2.64. The van der Waals surface area contributed by atoms with Gasteiger partial charge in [-0.2, -0.15) is 0 Å². The zero-order valence-corrected chi connectivity index (χ0v) is 7.17. The number of hydrogen-bond acceptors (Lipinski definition) is 0. The highest BCUT2D eigenvalue weighted by Gasteiger charge is 2.29. The second-order valence-corrected chi connectivity index (χ2v) is 8.84. The highest BCUT2D eigenvalue weighted by atomic mass is 35.5. The van der Waals surface area contributed by atoms with Crippen molar-refractivity contribution in [2.24, 2.45) is 0 Å². The molecule has 1 rings (SSSR count). The van der Waals surface area contributed by atoms with Crippen molar-refractivity contribution in [2.45, 2.75) is 31.5 Å². The molecule has 0 aromatic rings. The summed E-state index contributed by atoms with van der Waals surface area (Å²) in [6, 6.07) is 2.97. The van der Waals surface area contributed by atoms with Crippen LogP contribution in [0.2, 0.25) is 18.6 Å². The lowest BCUT2D eigenvalue weighted by Crippen LogP contribution is -2.27. The standard InChI is InChI=1S/C6H13ClSi/c1-8(6-7)4-2-3-5-8/h2-6H2,1H3. The number of rotatable bonds is 1. The van der Waals surface area contributed by atoms with E-state index in [4.69, 9.17) is 11.6 Å². The molecule has 0 unspecified atom stereocenters. The van der Waals surface area contributed by atoms with E-state index in [0.717, 1.165) is 5.50 Å². The van der Waals surface area contributed by atoms with Crippen LogP contribution in [0.1, 0.15) is 12.8 Å². The molecule has 0 aromatic carbocycles. The minimum atomic E-state index is -0.795. The quantitative estimate of drug-likeness (QED) is 0.396. The van der Waals surface area contributed by atoms with Gasteiger partial charge in [-0.1, -0.05) is 31.5 Å². The first-order chi connectivity index (χ1) is 3.77. The normalized spacial score (nSPS) is 26.2. The van der Waals surface area contributed by atoms with Crippen LogP contribution in [-0.4, -0.2) is 13.6 Å². The Labute approximate surface area is 57.2 Å². The van der Waals surface area contributed by atoms with Gasteiger partial charge in [-0.3, -0.25) is 0 Å². The monoisotopic (exact) mass is 148 g/mol. The van der Waals surface area contributed by atoms with Crippen molar-refractivity contribution in [1.29, 1.82) is 0 Å². The van der Waals surface area contributed by atoms with Crippen LogP contribution in [0.15, 0.2) is 0 Å². The van der Waals surface area contributed by atoms with E-state index in [-0.39, 0.29) is 0 Å². The van der Waals surface area contributed by atoms with Crippen molar-refractivity contribution >= 4 is 19.7 Å². The fraction of sp³-hybridized carbons (Fsp3) is 1.00. The summed E-state index contributed by atoms with van der Waals surface area (Å²) in [5, 5.41) is 0. The zero-order chi connectivity index (χ0) is 6.04. The van der Waals surface area contributed by atoms with Gasteiger partial charge in [-0.15, -0.1) is 11.6 Å². The Kier molecular flexibility index (Phi) is 1.99. The Morgan fingerprint density at radius 3 is 2.12 bits per heavy atom. The van der Waals surface area contributed by atoms with E-state index in [9.17, 15) is 0 Å². The average molecular weight is 149 g/mol. The van der Waals surface area contributed by atoms with Gasteiger partial charge in [0.05, 0.1) is 8.07 Å². The lowest BCUT2D eigenvalue weighted by Gasteiger charge is -2.15. The molecule has 0 atom stereocenters. The Bertz CT molecular complexity index is 76.6. The van der Waals surface area contributed by atoms with Gasteiger partial charge < -0.3 is 0 Å². The van der Waals surface area contributed by atoms with E-state index >= 15 is 0 Å². The zero-order valence-electron chi connectivity index (χ0n) is 5.41. The fourth-order valence-corrected chi connectivity index (χ4v) is 4.89. The third kappa shape index (κ3) is 1.26. The molecule has 2 heteroatoms. The van der Waals surface area contributed by atoms with E-state index in [2.05, 4.69) is 6.55 Å². The lowest BCUT2D eigenvalue weighted by atomic mass is 10.4. The third-order valence-electron chi connectivity index (χ3n) is 2.13. The Morgan fingerprint density at radius 2 is 1.88 bits per heavy atom. The number of halogens is 1. The average Bonchev–Trinajstić information content (AvgIpc) is 2.17.